The highest BCUT2D eigenvalue weighted by Crippen LogP contribution is 2.16. The van der Waals surface area contributed by atoms with Crippen LogP contribution in [0.2, 0.25) is 0 Å². The second kappa shape index (κ2) is 6.74. The smallest absolute Gasteiger partial charge is 0.0810 e. The Morgan fingerprint density at radius 3 is 2.65 bits per heavy atom. The predicted molar refractivity (Wildman–Crippen MR) is 67.8 cm³/mol. The molecule has 1 atom stereocenters. The molecule has 1 aromatic rings. The highest BCUT2D eigenvalue weighted by molar-refractivity contribution is 5.14. The van der Waals surface area contributed by atoms with E-state index in [1.807, 2.05) is 6.07 Å². The summed E-state index contributed by atoms with van der Waals surface area (Å²) < 4.78 is 5.20. The number of aliphatic hydroxyl groups excluding tert-OH is 1. The summed E-state index contributed by atoms with van der Waals surface area (Å²) in [6, 6.07) is 10.4. The number of hydrogen-bond donors (Lipinski definition) is 1. The number of hydrogen-bond acceptors (Lipinski definition) is 3. The van der Waals surface area contributed by atoms with Gasteiger partial charge in [-0.3, -0.25) is 4.90 Å². The molecule has 1 heterocycles. The van der Waals surface area contributed by atoms with Crippen molar-refractivity contribution in [2.45, 2.75) is 25.5 Å². The lowest BCUT2D eigenvalue weighted by atomic mass is 10.2. The molecule has 17 heavy (non-hydrogen) atoms. The molecule has 0 amide bonds. The Balaban J connectivity index is 1.74. The Morgan fingerprint density at radius 2 is 2.00 bits per heavy atom. The Hall–Kier alpha value is -0.900. The number of nitrogens with zero attached hydrogens (tertiary/aromatic N) is 1. The molecule has 0 radical (unpaired) electrons. The summed E-state index contributed by atoms with van der Waals surface area (Å²) in [6.07, 6.45) is 2.82. The maximum absolute atomic E-state index is 9.07. The molecule has 0 bridgehead atoms. The molecule has 1 fully saturated rings. The van der Waals surface area contributed by atoms with E-state index in [0.29, 0.717) is 6.10 Å². The van der Waals surface area contributed by atoms with Gasteiger partial charge in [0.15, 0.2) is 0 Å². The molecular weight excluding hydrogens is 214 g/mol. The standard InChI is InChI=1S/C14H21NO2/c16-10-9-15(8-4-7-14-12-17-14)11-13-5-2-1-3-6-13/h1-3,5-6,14,16H,4,7-12H2. The van der Waals surface area contributed by atoms with E-state index in [1.54, 1.807) is 0 Å². The van der Waals surface area contributed by atoms with Gasteiger partial charge in [-0.2, -0.15) is 0 Å². The van der Waals surface area contributed by atoms with E-state index < -0.39 is 0 Å². The van der Waals surface area contributed by atoms with E-state index in [0.717, 1.165) is 39.1 Å². The zero-order valence-electron chi connectivity index (χ0n) is 10.2. The molecule has 3 heteroatoms. The molecule has 0 aliphatic carbocycles. The lowest BCUT2D eigenvalue weighted by Crippen LogP contribution is -2.27. The Kier molecular flexibility index (Phi) is 4.98. The van der Waals surface area contributed by atoms with Crippen LogP contribution >= 0.6 is 0 Å². The first-order valence-electron chi connectivity index (χ1n) is 6.37. The first kappa shape index (κ1) is 12.6. The summed E-state index contributed by atoms with van der Waals surface area (Å²) in [7, 11) is 0. The van der Waals surface area contributed by atoms with Crippen LogP contribution in [-0.4, -0.2) is 42.4 Å². The molecule has 1 unspecified atom stereocenters. The third kappa shape index (κ3) is 4.86. The summed E-state index contributed by atoms with van der Waals surface area (Å²) in [4.78, 5) is 2.30. The third-order valence-electron chi connectivity index (χ3n) is 3.07. The highest BCUT2D eigenvalue weighted by Gasteiger charge is 2.21. The van der Waals surface area contributed by atoms with Crippen LogP contribution in [0, 0.1) is 0 Å². The van der Waals surface area contributed by atoms with Gasteiger partial charge in [0.05, 0.1) is 19.3 Å². The highest BCUT2D eigenvalue weighted by atomic mass is 16.6. The van der Waals surface area contributed by atoms with Crippen molar-refractivity contribution in [2.75, 3.05) is 26.3 Å². The van der Waals surface area contributed by atoms with Gasteiger partial charge in [0.1, 0.15) is 0 Å². The Labute approximate surface area is 103 Å². The van der Waals surface area contributed by atoms with Crippen molar-refractivity contribution in [1.29, 1.82) is 0 Å². The molecule has 0 spiro atoms. The van der Waals surface area contributed by atoms with Crippen LogP contribution in [0.5, 0.6) is 0 Å². The number of epoxide rings is 1. The third-order valence-corrected chi connectivity index (χ3v) is 3.07. The van der Waals surface area contributed by atoms with Crippen molar-refractivity contribution in [3.8, 4) is 0 Å². The van der Waals surface area contributed by atoms with E-state index in [2.05, 4.69) is 29.2 Å². The molecule has 1 saturated heterocycles. The van der Waals surface area contributed by atoms with Crippen LogP contribution in [0.25, 0.3) is 0 Å². The van der Waals surface area contributed by atoms with Crippen LogP contribution in [0.15, 0.2) is 30.3 Å². The van der Waals surface area contributed by atoms with Crippen molar-refractivity contribution >= 4 is 0 Å². The second-order valence-electron chi connectivity index (χ2n) is 4.58. The van der Waals surface area contributed by atoms with Crippen LogP contribution in [0.4, 0.5) is 0 Å². The van der Waals surface area contributed by atoms with Gasteiger partial charge in [0.2, 0.25) is 0 Å². The SMILES string of the molecule is OCCN(CCCC1CO1)Cc1ccccc1. The van der Waals surface area contributed by atoms with Crippen LogP contribution in [0.3, 0.4) is 0 Å². The average Bonchev–Trinajstić information content (AvgIpc) is 3.15. The first-order valence-corrected chi connectivity index (χ1v) is 6.37. The second-order valence-corrected chi connectivity index (χ2v) is 4.58. The van der Waals surface area contributed by atoms with Crippen molar-refractivity contribution in [1.82, 2.24) is 4.90 Å². The summed E-state index contributed by atoms with van der Waals surface area (Å²) >= 11 is 0. The van der Waals surface area contributed by atoms with Gasteiger partial charge in [-0.05, 0) is 24.9 Å². The molecule has 2 rings (SSSR count). The molecular formula is C14H21NO2. The van der Waals surface area contributed by atoms with Crippen molar-refractivity contribution in [3.63, 3.8) is 0 Å². The van der Waals surface area contributed by atoms with E-state index in [1.165, 1.54) is 5.56 Å². The fourth-order valence-corrected chi connectivity index (χ4v) is 2.03. The maximum Gasteiger partial charge on any atom is 0.0810 e. The minimum absolute atomic E-state index is 0.229. The largest absolute Gasteiger partial charge is 0.395 e. The van der Waals surface area contributed by atoms with Gasteiger partial charge in [0.25, 0.3) is 0 Å². The fourth-order valence-electron chi connectivity index (χ4n) is 2.03. The lowest BCUT2D eigenvalue weighted by molar-refractivity contribution is 0.186. The molecule has 1 N–H and O–H groups in total. The molecule has 1 aromatic carbocycles. The average molecular weight is 235 g/mol. The van der Waals surface area contributed by atoms with E-state index >= 15 is 0 Å². The molecule has 94 valence electrons. The summed E-state index contributed by atoms with van der Waals surface area (Å²) in [6.45, 7) is 3.88. The number of ether oxygens (including phenoxy) is 1. The van der Waals surface area contributed by atoms with Gasteiger partial charge in [-0.15, -0.1) is 0 Å². The topological polar surface area (TPSA) is 36.0 Å². The van der Waals surface area contributed by atoms with Crippen LogP contribution < -0.4 is 0 Å². The molecule has 3 nitrogen and oxygen atoms in total. The summed E-state index contributed by atoms with van der Waals surface area (Å²) in [5.41, 5.74) is 1.31. The van der Waals surface area contributed by atoms with E-state index in [9.17, 15) is 0 Å². The molecule has 0 saturated carbocycles. The van der Waals surface area contributed by atoms with Crippen LogP contribution in [0.1, 0.15) is 18.4 Å². The zero-order valence-corrected chi connectivity index (χ0v) is 10.2. The van der Waals surface area contributed by atoms with Gasteiger partial charge >= 0.3 is 0 Å². The normalized spacial score (nSPS) is 18.6. The monoisotopic (exact) mass is 235 g/mol. The number of benzene rings is 1. The zero-order chi connectivity index (χ0) is 11.9. The lowest BCUT2D eigenvalue weighted by Gasteiger charge is -2.21. The van der Waals surface area contributed by atoms with Gasteiger partial charge in [0, 0.05) is 13.1 Å². The fraction of sp³-hybridized carbons (Fsp3) is 0.571. The van der Waals surface area contributed by atoms with E-state index in [4.69, 9.17) is 9.84 Å². The Morgan fingerprint density at radius 1 is 1.24 bits per heavy atom. The molecule has 1 aliphatic heterocycles. The number of aliphatic hydroxyl groups is 1. The van der Waals surface area contributed by atoms with E-state index in [-0.39, 0.29) is 6.61 Å². The molecule has 0 aromatic heterocycles. The first-order chi connectivity index (χ1) is 8.38. The quantitative estimate of drug-likeness (QED) is 0.696. The Bertz CT molecular complexity index is 311. The van der Waals surface area contributed by atoms with Crippen molar-refractivity contribution in [3.05, 3.63) is 35.9 Å². The van der Waals surface area contributed by atoms with Gasteiger partial charge in [-0.25, -0.2) is 0 Å². The van der Waals surface area contributed by atoms with Crippen molar-refractivity contribution < 1.29 is 9.84 Å². The minimum atomic E-state index is 0.229. The van der Waals surface area contributed by atoms with Crippen LogP contribution in [-0.2, 0) is 11.3 Å². The minimum Gasteiger partial charge on any atom is -0.395 e. The van der Waals surface area contributed by atoms with Crippen molar-refractivity contribution in [2.24, 2.45) is 0 Å². The maximum atomic E-state index is 9.07. The number of rotatable bonds is 8. The predicted octanol–water partition coefficient (Wildman–Crippen LogP) is 1.66. The van der Waals surface area contributed by atoms with Gasteiger partial charge in [-0.1, -0.05) is 30.3 Å². The summed E-state index contributed by atoms with van der Waals surface area (Å²) in [5, 5.41) is 9.07. The summed E-state index contributed by atoms with van der Waals surface area (Å²) in [5.74, 6) is 0. The van der Waals surface area contributed by atoms with Gasteiger partial charge < -0.3 is 9.84 Å². The molecule has 1 aliphatic rings.